The Balaban J connectivity index is 2.24. The van der Waals surface area contributed by atoms with E-state index in [0.29, 0.717) is 11.3 Å². The third-order valence-corrected chi connectivity index (χ3v) is 3.90. The lowest BCUT2D eigenvalue weighted by atomic mass is 9.95. The molecule has 0 heterocycles. The predicted octanol–water partition coefficient (Wildman–Crippen LogP) is 4.77. The van der Waals surface area contributed by atoms with Crippen molar-refractivity contribution in [3.05, 3.63) is 71.8 Å². The number of hydrogen-bond donors (Lipinski definition) is 1. The number of nitrogens with two attached hydrogens (primary N) is 1. The molecule has 3 rings (SSSR count). The molecule has 0 bridgehead atoms. The highest BCUT2D eigenvalue weighted by Gasteiger charge is 2.11. The number of Topliss-reactive ketones (excluding diaryl/α,β-unsaturated/α-hetero) is 1. The maximum Gasteiger partial charge on any atom is 0.160 e. The number of ketones is 1. The third kappa shape index (κ3) is 2.86. The largest absolute Gasteiger partial charge is 0.397 e. The molecule has 3 aromatic carbocycles. The number of fused-ring (bicyclic) bond motifs is 1. The molecule has 0 atom stereocenters. The molecule has 0 saturated heterocycles. The van der Waals surface area contributed by atoms with E-state index >= 15 is 0 Å². The van der Waals surface area contributed by atoms with Crippen LogP contribution in [0.4, 0.5) is 11.4 Å². The lowest BCUT2D eigenvalue weighted by molar-refractivity contribution is 0.101. The zero-order valence-corrected chi connectivity index (χ0v) is 13.2. The molecule has 0 unspecified atom stereocenters. The fraction of sp³-hybridized carbons (Fsp3) is 0.100. The van der Waals surface area contributed by atoms with Crippen LogP contribution in [0.25, 0.3) is 10.8 Å². The minimum Gasteiger partial charge on any atom is -0.397 e. The van der Waals surface area contributed by atoms with Crippen LogP contribution in [0.2, 0.25) is 0 Å². The van der Waals surface area contributed by atoms with Crippen molar-refractivity contribution < 1.29 is 4.79 Å². The molecule has 0 aliphatic carbocycles. The number of aliphatic imine (C=N–C) groups is 1. The van der Waals surface area contributed by atoms with Crippen LogP contribution in [-0.2, 0) is 0 Å². The lowest BCUT2D eigenvalue weighted by Crippen LogP contribution is -2.01. The number of carbonyl (C=O) groups excluding carboxylic acids is 1. The Morgan fingerprint density at radius 1 is 0.870 bits per heavy atom. The van der Waals surface area contributed by atoms with E-state index in [1.807, 2.05) is 67.6 Å². The Labute approximate surface area is 135 Å². The van der Waals surface area contributed by atoms with Gasteiger partial charge in [-0.1, -0.05) is 48.5 Å². The molecule has 23 heavy (non-hydrogen) atoms. The molecule has 0 saturated carbocycles. The Bertz CT molecular complexity index is 921. The molecule has 0 radical (unpaired) electrons. The van der Waals surface area contributed by atoms with Gasteiger partial charge in [0.05, 0.1) is 11.4 Å². The molecule has 2 N–H and O–H groups in total. The first kappa shape index (κ1) is 15.0. The molecular weight excluding hydrogens is 284 g/mol. The van der Waals surface area contributed by atoms with Gasteiger partial charge in [-0.25, -0.2) is 0 Å². The SMILES string of the molecule is CC(=O)c1cccc2cccc(C(C)=Nc3ccccc3N)c12. The van der Waals surface area contributed by atoms with Gasteiger partial charge in [0.2, 0.25) is 0 Å². The van der Waals surface area contributed by atoms with Crippen molar-refractivity contribution in [1.82, 2.24) is 0 Å². The predicted molar refractivity (Wildman–Crippen MR) is 96.7 cm³/mol. The summed E-state index contributed by atoms with van der Waals surface area (Å²) >= 11 is 0. The van der Waals surface area contributed by atoms with Crippen molar-refractivity contribution in [3.63, 3.8) is 0 Å². The second-order valence-electron chi connectivity index (χ2n) is 5.52. The van der Waals surface area contributed by atoms with Gasteiger partial charge in [0.1, 0.15) is 0 Å². The molecular formula is C20H18N2O. The van der Waals surface area contributed by atoms with E-state index in [1.165, 1.54) is 0 Å². The number of rotatable bonds is 3. The van der Waals surface area contributed by atoms with Crippen LogP contribution in [-0.4, -0.2) is 11.5 Å². The van der Waals surface area contributed by atoms with Crippen molar-refractivity contribution in [2.24, 2.45) is 4.99 Å². The number of nitrogen functional groups attached to an aromatic ring is 1. The van der Waals surface area contributed by atoms with Crippen LogP contribution in [0.1, 0.15) is 29.8 Å². The van der Waals surface area contributed by atoms with Crippen molar-refractivity contribution >= 4 is 33.6 Å². The Morgan fingerprint density at radius 3 is 2.17 bits per heavy atom. The lowest BCUT2D eigenvalue weighted by Gasteiger charge is -2.10. The smallest absolute Gasteiger partial charge is 0.160 e. The number of anilines is 1. The highest BCUT2D eigenvalue weighted by atomic mass is 16.1. The molecule has 3 aromatic rings. The summed E-state index contributed by atoms with van der Waals surface area (Å²) in [4.78, 5) is 16.6. The molecule has 114 valence electrons. The maximum atomic E-state index is 12.0. The quantitative estimate of drug-likeness (QED) is 0.430. The molecule has 3 nitrogen and oxygen atoms in total. The number of para-hydroxylation sites is 2. The maximum absolute atomic E-state index is 12.0. The Kier molecular flexibility index (Phi) is 3.94. The molecule has 0 aliphatic heterocycles. The van der Waals surface area contributed by atoms with Gasteiger partial charge in [-0.05, 0) is 31.4 Å². The molecule has 0 amide bonds. The summed E-state index contributed by atoms with van der Waals surface area (Å²) in [7, 11) is 0. The standard InChI is InChI=1S/C20H18N2O/c1-13(22-19-12-4-3-11-18(19)21)16-9-5-7-15-8-6-10-17(14(2)23)20(15)16/h3-12H,21H2,1-2H3. The number of nitrogens with zero attached hydrogens (tertiary/aromatic N) is 1. The van der Waals surface area contributed by atoms with E-state index in [9.17, 15) is 4.79 Å². The van der Waals surface area contributed by atoms with E-state index in [4.69, 9.17) is 5.73 Å². The van der Waals surface area contributed by atoms with Crippen molar-refractivity contribution in [2.45, 2.75) is 13.8 Å². The van der Waals surface area contributed by atoms with E-state index in [1.54, 1.807) is 6.92 Å². The minimum atomic E-state index is 0.0510. The Hall–Kier alpha value is -2.94. The molecule has 0 aliphatic rings. The zero-order chi connectivity index (χ0) is 16.4. The second-order valence-corrected chi connectivity index (χ2v) is 5.52. The third-order valence-electron chi connectivity index (χ3n) is 3.90. The Morgan fingerprint density at radius 2 is 1.52 bits per heavy atom. The van der Waals surface area contributed by atoms with E-state index in [0.717, 1.165) is 27.7 Å². The summed E-state index contributed by atoms with van der Waals surface area (Å²) in [6.45, 7) is 3.53. The summed E-state index contributed by atoms with van der Waals surface area (Å²) in [5.74, 6) is 0.0510. The van der Waals surface area contributed by atoms with Gasteiger partial charge in [0.15, 0.2) is 5.78 Å². The molecule has 0 spiro atoms. The summed E-state index contributed by atoms with van der Waals surface area (Å²) in [6.07, 6.45) is 0. The molecule has 0 fully saturated rings. The van der Waals surface area contributed by atoms with Crippen LogP contribution < -0.4 is 5.73 Å². The van der Waals surface area contributed by atoms with Gasteiger partial charge in [0, 0.05) is 22.2 Å². The summed E-state index contributed by atoms with van der Waals surface area (Å²) < 4.78 is 0. The average molecular weight is 302 g/mol. The van der Waals surface area contributed by atoms with Gasteiger partial charge in [-0.2, -0.15) is 0 Å². The van der Waals surface area contributed by atoms with Crippen molar-refractivity contribution in [2.75, 3.05) is 5.73 Å². The molecule has 3 heteroatoms. The van der Waals surface area contributed by atoms with E-state index < -0.39 is 0 Å². The van der Waals surface area contributed by atoms with Gasteiger partial charge < -0.3 is 5.73 Å². The molecule has 0 aromatic heterocycles. The summed E-state index contributed by atoms with van der Waals surface area (Å²) in [6, 6.07) is 19.3. The van der Waals surface area contributed by atoms with E-state index in [-0.39, 0.29) is 5.78 Å². The highest BCUT2D eigenvalue weighted by molar-refractivity contribution is 6.17. The fourth-order valence-corrected chi connectivity index (χ4v) is 2.77. The summed E-state index contributed by atoms with van der Waals surface area (Å²) in [5, 5.41) is 1.98. The van der Waals surface area contributed by atoms with E-state index in [2.05, 4.69) is 4.99 Å². The van der Waals surface area contributed by atoms with Crippen LogP contribution in [0.3, 0.4) is 0 Å². The topological polar surface area (TPSA) is 55.5 Å². The first-order valence-electron chi connectivity index (χ1n) is 7.51. The van der Waals surface area contributed by atoms with Gasteiger partial charge >= 0.3 is 0 Å². The number of benzene rings is 3. The highest BCUT2D eigenvalue weighted by Crippen LogP contribution is 2.27. The van der Waals surface area contributed by atoms with Gasteiger partial charge in [-0.15, -0.1) is 0 Å². The van der Waals surface area contributed by atoms with Gasteiger partial charge in [0.25, 0.3) is 0 Å². The average Bonchev–Trinajstić information content (AvgIpc) is 2.55. The van der Waals surface area contributed by atoms with Crippen LogP contribution >= 0.6 is 0 Å². The van der Waals surface area contributed by atoms with Crippen LogP contribution in [0.15, 0.2) is 65.7 Å². The second kappa shape index (κ2) is 6.05. The van der Waals surface area contributed by atoms with Gasteiger partial charge in [-0.3, -0.25) is 9.79 Å². The minimum absolute atomic E-state index is 0.0510. The fourth-order valence-electron chi connectivity index (χ4n) is 2.77. The summed E-state index contributed by atoms with van der Waals surface area (Å²) in [5.41, 5.74) is 9.86. The zero-order valence-electron chi connectivity index (χ0n) is 13.2. The first-order chi connectivity index (χ1) is 11.1. The number of carbonyl (C=O) groups is 1. The van der Waals surface area contributed by atoms with Crippen LogP contribution in [0, 0.1) is 0 Å². The number of hydrogen-bond acceptors (Lipinski definition) is 3. The van der Waals surface area contributed by atoms with Crippen LogP contribution in [0.5, 0.6) is 0 Å². The first-order valence-corrected chi connectivity index (χ1v) is 7.51. The van der Waals surface area contributed by atoms with Crippen molar-refractivity contribution in [3.8, 4) is 0 Å². The van der Waals surface area contributed by atoms with Crippen molar-refractivity contribution in [1.29, 1.82) is 0 Å². The monoisotopic (exact) mass is 302 g/mol. The normalized spacial score (nSPS) is 11.7.